The Morgan fingerprint density at radius 1 is 0.607 bits per heavy atom. The zero-order chi connectivity index (χ0) is 38.7. The quantitative estimate of drug-likeness (QED) is 0.154. The minimum Gasteiger partial charge on any atom is -0.455 e. The number of nitrogens with zero attached hydrogens (tertiary/aromatic N) is 3. The standard InChI is InChI=1S/C52H44N3O/c1-32(2)43-28-40(38-24-22-37(23-25-38)35-15-9-7-10-16-35)29-44(33(3)4)50(43)55-46-20-14-13-19-45(46)54(6)52(55)48-34(5)21-26-42-49-41(31-53)27-39(30-47(49)56-51(42)48)36-17-11-8-12-18-36/h7-30,32-33H,1-6H3/q+1. The second-order valence-electron chi connectivity index (χ2n) is 15.6. The number of rotatable bonds is 7. The van der Waals surface area contributed by atoms with E-state index in [0.717, 1.165) is 55.5 Å². The minimum absolute atomic E-state index is 0.239. The first kappa shape index (κ1) is 35.0. The van der Waals surface area contributed by atoms with Crippen molar-refractivity contribution < 1.29 is 8.98 Å². The number of imidazole rings is 1. The van der Waals surface area contributed by atoms with E-state index in [4.69, 9.17) is 4.42 Å². The monoisotopic (exact) mass is 726 g/mol. The molecule has 0 atom stereocenters. The lowest BCUT2D eigenvalue weighted by atomic mass is 9.87. The number of aryl methyl sites for hydroxylation is 2. The fourth-order valence-corrected chi connectivity index (χ4v) is 8.52. The molecular formula is C52H44N3O+. The van der Waals surface area contributed by atoms with E-state index in [-0.39, 0.29) is 11.8 Å². The lowest BCUT2D eigenvalue weighted by molar-refractivity contribution is -0.633. The van der Waals surface area contributed by atoms with Crippen LogP contribution < -0.4 is 4.57 Å². The molecule has 2 heterocycles. The van der Waals surface area contributed by atoms with Crippen molar-refractivity contribution in [1.29, 1.82) is 5.26 Å². The van der Waals surface area contributed by atoms with E-state index < -0.39 is 0 Å². The van der Waals surface area contributed by atoms with Crippen LogP contribution in [0.4, 0.5) is 0 Å². The average molecular weight is 727 g/mol. The highest BCUT2D eigenvalue weighted by molar-refractivity contribution is 6.13. The summed E-state index contributed by atoms with van der Waals surface area (Å²) in [5.41, 5.74) is 17.1. The van der Waals surface area contributed by atoms with Crippen molar-refractivity contribution >= 4 is 33.0 Å². The van der Waals surface area contributed by atoms with E-state index in [2.05, 4.69) is 178 Å². The van der Waals surface area contributed by atoms with Crippen LogP contribution in [0.25, 0.3) is 83.4 Å². The van der Waals surface area contributed by atoms with Crippen molar-refractivity contribution in [2.45, 2.75) is 46.5 Å². The largest absolute Gasteiger partial charge is 0.455 e. The van der Waals surface area contributed by atoms with Gasteiger partial charge in [-0.15, -0.1) is 0 Å². The van der Waals surface area contributed by atoms with Gasteiger partial charge in [0.15, 0.2) is 16.6 Å². The normalized spacial score (nSPS) is 11.7. The first-order valence-electron chi connectivity index (χ1n) is 19.5. The van der Waals surface area contributed by atoms with Gasteiger partial charge in [0.1, 0.15) is 16.8 Å². The number of fused-ring (bicyclic) bond motifs is 4. The second kappa shape index (κ2) is 13.9. The molecule has 9 aromatic rings. The van der Waals surface area contributed by atoms with E-state index in [0.29, 0.717) is 11.1 Å². The summed E-state index contributed by atoms with van der Waals surface area (Å²) < 4.78 is 11.8. The van der Waals surface area contributed by atoms with Crippen LogP contribution in [-0.4, -0.2) is 4.57 Å². The molecule has 56 heavy (non-hydrogen) atoms. The Bertz CT molecular complexity index is 2950. The maximum atomic E-state index is 10.5. The summed E-state index contributed by atoms with van der Waals surface area (Å²) in [6.45, 7) is 11.4. The Morgan fingerprint density at radius 2 is 1.14 bits per heavy atom. The molecule has 0 aliphatic carbocycles. The summed E-state index contributed by atoms with van der Waals surface area (Å²) in [5.74, 6) is 1.52. The van der Waals surface area contributed by atoms with E-state index in [1.807, 2.05) is 24.3 Å². The molecule has 7 aromatic carbocycles. The van der Waals surface area contributed by atoms with Crippen molar-refractivity contribution in [3.63, 3.8) is 0 Å². The van der Waals surface area contributed by atoms with Gasteiger partial charge in [0.2, 0.25) is 0 Å². The molecule has 2 aromatic heterocycles. The SMILES string of the molecule is Cc1ccc2c(oc3cc(-c4ccccc4)cc(C#N)c32)c1-c1n(-c2c(C(C)C)cc(-c3ccc(-c4ccccc4)cc3)cc2C(C)C)c2ccccc2[n+]1C. The molecule has 9 rings (SSSR count). The molecule has 0 fully saturated rings. The van der Waals surface area contributed by atoms with Crippen LogP contribution in [0.5, 0.6) is 0 Å². The molecule has 0 spiro atoms. The van der Waals surface area contributed by atoms with Crippen LogP contribution in [0.1, 0.15) is 61.8 Å². The predicted molar refractivity (Wildman–Crippen MR) is 231 cm³/mol. The first-order valence-corrected chi connectivity index (χ1v) is 19.5. The van der Waals surface area contributed by atoms with E-state index >= 15 is 0 Å². The second-order valence-corrected chi connectivity index (χ2v) is 15.6. The highest BCUT2D eigenvalue weighted by Crippen LogP contribution is 2.44. The molecule has 0 radical (unpaired) electrons. The van der Waals surface area contributed by atoms with Crippen LogP contribution >= 0.6 is 0 Å². The van der Waals surface area contributed by atoms with E-state index in [9.17, 15) is 5.26 Å². The fourth-order valence-electron chi connectivity index (χ4n) is 8.52. The number of para-hydroxylation sites is 2. The zero-order valence-electron chi connectivity index (χ0n) is 32.8. The smallest absolute Gasteiger partial charge is 0.299 e. The number of aromatic nitrogens is 2. The molecule has 0 N–H and O–H groups in total. The predicted octanol–water partition coefficient (Wildman–Crippen LogP) is 13.4. The Hall–Kier alpha value is -6.70. The molecule has 0 amide bonds. The van der Waals surface area contributed by atoms with Gasteiger partial charge < -0.3 is 4.42 Å². The van der Waals surface area contributed by atoms with Gasteiger partial charge in [0.25, 0.3) is 5.82 Å². The number of nitriles is 1. The lowest BCUT2D eigenvalue weighted by Crippen LogP contribution is -2.30. The van der Waals surface area contributed by atoms with Gasteiger partial charge in [-0.1, -0.05) is 137 Å². The van der Waals surface area contributed by atoms with Crippen LogP contribution in [-0.2, 0) is 7.05 Å². The Labute approximate surface area is 328 Å². The maximum Gasteiger partial charge on any atom is 0.299 e. The molecule has 0 unspecified atom stereocenters. The van der Waals surface area contributed by atoms with Crippen LogP contribution in [0.15, 0.2) is 150 Å². The lowest BCUT2D eigenvalue weighted by Gasteiger charge is -2.21. The highest BCUT2D eigenvalue weighted by atomic mass is 16.3. The summed E-state index contributed by atoms with van der Waals surface area (Å²) in [7, 11) is 2.16. The summed E-state index contributed by atoms with van der Waals surface area (Å²) in [5, 5.41) is 12.3. The van der Waals surface area contributed by atoms with Gasteiger partial charge in [-0.25, -0.2) is 4.57 Å². The molecule has 0 saturated carbocycles. The van der Waals surface area contributed by atoms with E-state index in [1.54, 1.807) is 0 Å². The zero-order valence-corrected chi connectivity index (χ0v) is 32.8. The summed E-state index contributed by atoms with van der Waals surface area (Å²) in [4.78, 5) is 0. The summed E-state index contributed by atoms with van der Waals surface area (Å²) in [6.07, 6.45) is 0. The number of furan rings is 1. The van der Waals surface area contributed by atoms with Crippen LogP contribution in [0.3, 0.4) is 0 Å². The summed E-state index contributed by atoms with van der Waals surface area (Å²) in [6, 6.07) is 54.1. The molecule has 0 aliphatic heterocycles. The van der Waals surface area contributed by atoms with Gasteiger partial charge in [-0.05, 0) is 94.1 Å². The van der Waals surface area contributed by atoms with Crippen LogP contribution in [0.2, 0.25) is 0 Å². The number of hydrogen-bond donors (Lipinski definition) is 0. The van der Waals surface area contributed by atoms with Gasteiger partial charge in [-0.3, -0.25) is 0 Å². The van der Waals surface area contributed by atoms with Gasteiger partial charge in [-0.2, -0.15) is 9.83 Å². The van der Waals surface area contributed by atoms with Crippen molar-refractivity contribution in [3.05, 3.63) is 168 Å². The molecule has 4 heteroatoms. The first-order chi connectivity index (χ1) is 27.2. The van der Waals surface area contributed by atoms with Gasteiger partial charge in [0, 0.05) is 21.9 Å². The van der Waals surface area contributed by atoms with Gasteiger partial charge >= 0.3 is 0 Å². The Morgan fingerprint density at radius 3 is 1.75 bits per heavy atom. The van der Waals surface area contributed by atoms with Crippen molar-refractivity contribution in [1.82, 2.24) is 4.57 Å². The summed E-state index contributed by atoms with van der Waals surface area (Å²) >= 11 is 0. The van der Waals surface area contributed by atoms with E-state index in [1.165, 1.54) is 39.1 Å². The number of benzene rings is 7. The maximum absolute atomic E-state index is 10.5. The third-order valence-corrected chi connectivity index (χ3v) is 11.4. The average Bonchev–Trinajstić information content (AvgIpc) is 3.75. The molecule has 0 bridgehead atoms. The Balaban J connectivity index is 1.32. The third kappa shape index (κ3) is 5.71. The van der Waals surface area contributed by atoms with Crippen molar-refractivity contribution in [2.75, 3.05) is 0 Å². The van der Waals surface area contributed by atoms with Crippen LogP contribution in [0, 0.1) is 18.3 Å². The molecule has 0 aliphatic rings. The molecular weight excluding hydrogens is 683 g/mol. The number of hydrogen-bond acceptors (Lipinski definition) is 2. The highest BCUT2D eigenvalue weighted by Gasteiger charge is 2.34. The van der Waals surface area contributed by atoms with Crippen molar-refractivity contribution in [2.24, 2.45) is 7.05 Å². The van der Waals surface area contributed by atoms with Gasteiger partial charge in [0.05, 0.1) is 18.7 Å². The molecule has 4 nitrogen and oxygen atoms in total. The fraction of sp³-hybridized carbons (Fsp3) is 0.154. The molecule has 272 valence electrons. The van der Waals surface area contributed by atoms with Crippen molar-refractivity contribution in [3.8, 4) is 56.5 Å². The Kier molecular flexibility index (Phi) is 8.67. The topological polar surface area (TPSA) is 45.7 Å². The third-order valence-electron chi connectivity index (χ3n) is 11.4. The minimum atomic E-state index is 0.239. The molecule has 0 saturated heterocycles.